The van der Waals surface area contributed by atoms with Crippen LogP contribution in [0.4, 0.5) is 0 Å². The molecule has 1 aliphatic heterocycles. The summed E-state index contributed by atoms with van der Waals surface area (Å²) >= 11 is 0. The molecule has 0 aromatic carbocycles. The van der Waals surface area contributed by atoms with Crippen molar-refractivity contribution in [1.29, 1.82) is 0 Å². The third kappa shape index (κ3) is 1.41. The summed E-state index contributed by atoms with van der Waals surface area (Å²) in [6.45, 7) is 3.17. The minimum Gasteiger partial charge on any atom is -0.310 e. The van der Waals surface area contributed by atoms with Gasteiger partial charge in [0.2, 0.25) is 5.78 Å². The van der Waals surface area contributed by atoms with Gasteiger partial charge in [-0.3, -0.25) is 4.40 Å². The zero-order valence-corrected chi connectivity index (χ0v) is 8.77. The van der Waals surface area contributed by atoms with Crippen molar-refractivity contribution in [2.45, 2.75) is 25.8 Å². The monoisotopic (exact) mass is 202 g/mol. The lowest BCUT2D eigenvalue weighted by Crippen LogP contribution is -2.13. The van der Waals surface area contributed by atoms with Gasteiger partial charge >= 0.3 is 0 Å². The van der Waals surface area contributed by atoms with Crippen LogP contribution in [0, 0.1) is 6.92 Å². The number of imidazole rings is 1. The van der Waals surface area contributed by atoms with Gasteiger partial charge in [0.15, 0.2) is 0 Å². The minimum absolute atomic E-state index is 0.476. The van der Waals surface area contributed by atoms with Gasteiger partial charge in [-0.2, -0.15) is 0 Å². The Kier molecular flexibility index (Phi) is 1.95. The minimum atomic E-state index is 0.476. The van der Waals surface area contributed by atoms with Crippen molar-refractivity contribution in [3.05, 3.63) is 29.8 Å². The van der Waals surface area contributed by atoms with E-state index in [2.05, 4.69) is 25.9 Å². The van der Waals surface area contributed by atoms with Gasteiger partial charge in [-0.25, -0.2) is 9.97 Å². The van der Waals surface area contributed by atoms with Crippen molar-refractivity contribution in [2.75, 3.05) is 6.54 Å². The van der Waals surface area contributed by atoms with Crippen LogP contribution >= 0.6 is 0 Å². The Bertz CT molecular complexity index is 482. The lowest BCUT2D eigenvalue weighted by atomic mass is 10.1. The second-order valence-electron chi connectivity index (χ2n) is 4.11. The third-order valence-corrected chi connectivity index (χ3v) is 3.03. The van der Waals surface area contributed by atoms with E-state index in [1.54, 1.807) is 0 Å². The molecular formula is C11H14N4. The van der Waals surface area contributed by atoms with Crippen LogP contribution < -0.4 is 5.32 Å². The van der Waals surface area contributed by atoms with Crippen molar-refractivity contribution in [3.8, 4) is 0 Å². The van der Waals surface area contributed by atoms with Gasteiger partial charge < -0.3 is 5.32 Å². The highest BCUT2D eigenvalue weighted by atomic mass is 15.1. The molecule has 0 amide bonds. The molecule has 4 heteroatoms. The topological polar surface area (TPSA) is 42.2 Å². The predicted octanol–water partition coefficient (Wildman–Crippen LogP) is 1.46. The summed E-state index contributed by atoms with van der Waals surface area (Å²) in [6, 6.07) is 0.476. The van der Waals surface area contributed by atoms with Crippen molar-refractivity contribution < 1.29 is 0 Å². The molecule has 1 atom stereocenters. The Balaban J connectivity index is 2.08. The molecule has 1 aliphatic rings. The molecule has 1 saturated heterocycles. The first kappa shape index (κ1) is 8.85. The fourth-order valence-electron chi connectivity index (χ4n) is 2.15. The highest BCUT2D eigenvalue weighted by molar-refractivity contribution is 5.32. The van der Waals surface area contributed by atoms with E-state index in [1.807, 2.05) is 19.3 Å². The zero-order chi connectivity index (χ0) is 10.3. The van der Waals surface area contributed by atoms with E-state index in [0.717, 1.165) is 18.0 Å². The lowest BCUT2D eigenvalue weighted by molar-refractivity contribution is 0.640. The summed E-state index contributed by atoms with van der Waals surface area (Å²) in [5.41, 5.74) is 2.40. The number of aryl methyl sites for hydroxylation is 1. The lowest BCUT2D eigenvalue weighted by Gasteiger charge is -2.10. The standard InChI is InChI=1S/C11H14N4/c1-8-5-13-11-14-6-9(7-15(8)11)10-3-2-4-12-10/h5-7,10,12H,2-4H2,1H3. The van der Waals surface area contributed by atoms with E-state index in [-0.39, 0.29) is 0 Å². The zero-order valence-electron chi connectivity index (χ0n) is 8.77. The molecule has 1 fully saturated rings. The van der Waals surface area contributed by atoms with Crippen LogP contribution in [0.25, 0.3) is 5.78 Å². The predicted molar refractivity (Wildman–Crippen MR) is 57.7 cm³/mol. The maximum atomic E-state index is 4.36. The molecule has 0 bridgehead atoms. The first-order valence-electron chi connectivity index (χ1n) is 5.37. The van der Waals surface area contributed by atoms with E-state index in [4.69, 9.17) is 0 Å². The summed E-state index contributed by atoms with van der Waals surface area (Å²) in [7, 11) is 0. The normalized spacial score (nSPS) is 21.3. The fraction of sp³-hybridized carbons (Fsp3) is 0.455. The molecular weight excluding hydrogens is 188 g/mol. The molecule has 2 aromatic heterocycles. The Morgan fingerprint density at radius 1 is 1.40 bits per heavy atom. The summed E-state index contributed by atoms with van der Waals surface area (Å²) in [6.07, 6.45) is 8.40. The number of nitrogens with zero attached hydrogens (tertiary/aromatic N) is 3. The number of aromatic nitrogens is 3. The molecule has 1 N–H and O–H groups in total. The van der Waals surface area contributed by atoms with Gasteiger partial charge in [0.1, 0.15) is 0 Å². The molecule has 78 valence electrons. The summed E-state index contributed by atoms with van der Waals surface area (Å²) < 4.78 is 2.05. The SMILES string of the molecule is Cc1cnc2ncc(C3CCCN3)cn12. The number of hydrogen-bond acceptors (Lipinski definition) is 3. The molecule has 4 nitrogen and oxygen atoms in total. The molecule has 0 radical (unpaired) electrons. The van der Waals surface area contributed by atoms with Crippen molar-refractivity contribution in [1.82, 2.24) is 19.7 Å². The third-order valence-electron chi connectivity index (χ3n) is 3.03. The first-order valence-corrected chi connectivity index (χ1v) is 5.37. The molecule has 2 aromatic rings. The molecule has 3 heterocycles. The van der Waals surface area contributed by atoms with Crippen LogP contribution in [-0.2, 0) is 0 Å². The smallest absolute Gasteiger partial charge is 0.233 e. The molecule has 3 rings (SSSR count). The van der Waals surface area contributed by atoms with E-state index in [1.165, 1.54) is 18.4 Å². The van der Waals surface area contributed by atoms with Gasteiger partial charge in [0.25, 0.3) is 0 Å². The molecule has 0 spiro atoms. The maximum Gasteiger partial charge on any atom is 0.233 e. The number of fused-ring (bicyclic) bond motifs is 1. The van der Waals surface area contributed by atoms with E-state index in [9.17, 15) is 0 Å². The van der Waals surface area contributed by atoms with Crippen LogP contribution in [0.2, 0.25) is 0 Å². The van der Waals surface area contributed by atoms with Crippen LogP contribution in [0.15, 0.2) is 18.6 Å². The van der Waals surface area contributed by atoms with Gasteiger partial charge in [-0.05, 0) is 26.3 Å². The van der Waals surface area contributed by atoms with Crippen LogP contribution in [0.3, 0.4) is 0 Å². The van der Waals surface area contributed by atoms with Crippen molar-refractivity contribution in [2.24, 2.45) is 0 Å². The highest BCUT2D eigenvalue weighted by Gasteiger charge is 2.17. The number of nitrogens with one attached hydrogen (secondary N) is 1. The Morgan fingerprint density at radius 2 is 2.27 bits per heavy atom. The largest absolute Gasteiger partial charge is 0.310 e. The second kappa shape index (κ2) is 3.31. The van der Waals surface area contributed by atoms with Gasteiger partial charge in [-0.1, -0.05) is 0 Å². The summed E-state index contributed by atoms with van der Waals surface area (Å²) in [4.78, 5) is 8.58. The van der Waals surface area contributed by atoms with Crippen molar-refractivity contribution >= 4 is 5.78 Å². The van der Waals surface area contributed by atoms with E-state index >= 15 is 0 Å². The summed E-state index contributed by atoms with van der Waals surface area (Å²) in [5.74, 6) is 0.786. The molecule has 15 heavy (non-hydrogen) atoms. The van der Waals surface area contributed by atoms with E-state index in [0.29, 0.717) is 6.04 Å². The van der Waals surface area contributed by atoms with Gasteiger partial charge in [-0.15, -0.1) is 0 Å². The molecule has 1 unspecified atom stereocenters. The maximum absolute atomic E-state index is 4.36. The average molecular weight is 202 g/mol. The summed E-state index contributed by atoms with van der Waals surface area (Å²) in [5, 5.41) is 3.48. The quantitative estimate of drug-likeness (QED) is 0.761. The van der Waals surface area contributed by atoms with Gasteiger partial charge in [0.05, 0.1) is 6.20 Å². The first-order chi connectivity index (χ1) is 7.34. The highest BCUT2D eigenvalue weighted by Crippen LogP contribution is 2.22. The second-order valence-corrected chi connectivity index (χ2v) is 4.11. The Hall–Kier alpha value is -1.42. The Morgan fingerprint density at radius 3 is 3.07 bits per heavy atom. The number of hydrogen-bond donors (Lipinski definition) is 1. The van der Waals surface area contributed by atoms with Gasteiger partial charge in [0, 0.05) is 29.7 Å². The van der Waals surface area contributed by atoms with Crippen LogP contribution in [0.1, 0.15) is 30.1 Å². The Labute approximate surface area is 88.4 Å². The van der Waals surface area contributed by atoms with E-state index < -0.39 is 0 Å². The van der Waals surface area contributed by atoms with Crippen LogP contribution in [-0.4, -0.2) is 20.9 Å². The average Bonchev–Trinajstić information content (AvgIpc) is 2.88. The molecule has 0 saturated carbocycles. The number of rotatable bonds is 1. The molecule has 0 aliphatic carbocycles. The van der Waals surface area contributed by atoms with Crippen LogP contribution in [0.5, 0.6) is 0 Å². The van der Waals surface area contributed by atoms with Crippen molar-refractivity contribution in [3.63, 3.8) is 0 Å². The fourth-order valence-corrected chi connectivity index (χ4v) is 2.15.